The predicted molar refractivity (Wildman–Crippen MR) is 122 cm³/mol. The molecule has 3 N–H and O–H groups in total. The molecule has 1 aliphatic rings. The first-order valence-electron chi connectivity index (χ1n) is 11.8. The molecule has 0 aromatic heterocycles. The van der Waals surface area contributed by atoms with Gasteiger partial charge in [0.05, 0.1) is 24.4 Å². The molecule has 1 saturated carbocycles. The van der Waals surface area contributed by atoms with Crippen molar-refractivity contribution < 1.29 is 24.9 Å². The molecule has 0 bridgehead atoms. The Morgan fingerprint density at radius 3 is 2.52 bits per heavy atom. The third kappa shape index (κ3) is 9.55. The molecule has 0 aliphatic heterocycles. The number of unbranched alkanes of at least 4 members (excludes halogenated alkanes) is 1. The van der Waals surface area contributed by atoms with E-state index in [1.807, 2.05) is 38.1 Å². The lowest BCUT2D eigenvalue weighted by Crippen LogP contribution is -2.23. The average molecular weight is 433 g/mol. The summed E-state index contributed by atoms with van der Waals surface area (Å²) >= 11 is 0. The zero-order chi connectivity index (χ0) is 22.6. The number of esters is 1. The van der Waals surface area contributed by atoms with E-state index >= 15 is 0 Å². The third-order valence-electron chi connectivity index (χ3n) is 6.16. The minimum absolute atomic E-state index is 0.00652. The zero-order valence-electron chi connectivity index (χ0n) is 19.0. The van der Waals surface area contributed by atoms with Crippen molar-refractivity contribution in [1.82, 2.24) is 0 Å². The minimum atomic E-state index is -0.513. The number of hydrogen-bond acceptors (Lipinski definition) is 5. The highest BCUT2D eigenvalue weighted by molar-refractivity contribution is 5.69. The van der Waals surface area contributed by atoms with Crippen molar-refractivity contribution in [2.75, 3.05) is 0 Å². The number of aliphatic hydroxyl groups excluding tert-OH is 3. The van der Waals surface area contributed by atoms with Crippen LogP contribution >= 0.6 is 0 Å². The number of aliphatic hydroxyl groups is 3. The molecule has 0 spiro atoms. The van der Waals surface area contributed by atoms with Crippen LogP contribution in [0.4, 0.5) is 0 Å². The van der Waals surface area contributed by atoms with Gasteiger partial charge in [0.2, 0.25) is 0 Å². The van der Waals surface area contributed by atoms with Gasteiger partial charge in [-0.25, -0.2) is 0 Å². The summed E-state index contributed by atoms with van der Waals surface area (Å²) in [7, 11) is 0. The maximum absolute atomic E-state index is 11.5. The standard InChI is InChI=1S/C26H40O5/c1-19(2)31-26(30)13-9-4-3-8-12-22-23(25(29)18-24(22)28)17-16-21(27)15-14-20-10-6-5-7-11-20/h3,5-8,10-11,19,21-25,27-29H,4,9,12-18H2,1-2H3/b8-3-/t21-,22?,23?,24-,25+/m0/s1. The Morgan fingerprint density at radius 1 is 1.10 bits per heavy atom. The summed E-state index contributed by atoms with van der Waals surface area (Å²) in [5.74, 6) is -0.144. The van der Waals surface area contributed by atoms with E-state index < -0.39 is 18.3 Å². The molecule has 0 amide bonds. The van der Waals surface area contributed by atoms with Crippen LogP contribution in [-0.4, -0.2) is 45.7 Å². The molecule has 174 valence electrons. The molecule has 1 aliphatic carbocycles. The summed E-state index contributed by atoms with van der Waals surface area (Å²) in [4.78, 5) is 11.5. The second kappa shape index (κ2) is 13.7. The maximum atomic E-state index is 11.5. The Bertz CT molecular complexity index is 657. The quantitative estimate of drug-likeness (QED) is 0.247. The van der Waals surface area contributed by atoms with E-state index in [1.165, 1.54) is 5.56 Å². The van der Waals surface area contributed by atoms with Crippen LogP contribution in [0, 0.1) is 11.8 Å². The van der Waals surface area contributed by atoms with Gasteiger partial charge < -0.3 is 20.1 Å². The fourth-order valence-corrected chi connectivity index (χ4v) is 4.47. The van der Waals surface area contributed by atoms with Gasteiger partial charge in [0.25, 0.3) is 0 Å². The summed E-state index contributed by atoms with van der Waals surface area (Å²) in [6.45, 7) is 3.69. The second-order valence-corrected chi connectivity index (χ2v) is 9.09. The molecule has 2 rings (SSSR count). The molecule has 1 aromatic carbocycles. The van der Waals surface area contributed by atoms with Crippen molar-refractivity contribution in [1.29, 1.82) is 0 Å². The molecule has 1 aromatic rings. The average Bonchev–Trinajstić information content (AvgIpc) is 3.00. The van der Waals surface area contributed by atoms with Crippen LogP contribution in [0.2, 0.25) is 0 Å². The van der Waals surface area contributed by atoms with E-state index in [0.29, 0.717) is 38.5 Å². The Balaban J connectivity index is 1.70. The van der Waals surface area contributed by atoms with Crippen molar-refractivity contribution in [3.63, 3.8) is 0 Å². The van der Waals surface area contributed by atoms with Crippen molar-refractivity contribution >= 4 is 5.97 Å². The van der Waals surface area contributed by atoms with Crippen molar-refractivity contribution in [3.05, 3.63) is 48.0 Å². The van der Waals surface area contributed by atoms with E-state index in [4.69, 9.17) is 4.74 Å². The summed E-state index contributed by atoms with van der Waals surface area (Å²) in [6, 6.07) is 10.1. The van der Waals surface area contributed by atoms with Gasteiger partial charge >= 0.3 is 5.97 Å². The topological polar surface area (TPSA) is 87.0 Å². The number of hydrogen-bond donors (Lipinski definition) is 3. The lowest BCUT2D eigenvalue weighted by Gasteiger charge is -2.23. The van der Waals surface area contributed by atoms with Gasteiger partial charge in [0, 0.05) is 6.42 Å². The van der Waals surface area contributed by atoms with Gasteiger partial charge in [-0.05, 0) is 82.6 Å². The Labute approximate surface area is 187 Å². The Kier molecular flexibility index (Phi) is 11.3. The van der Waals surface area contributed by atoms with Gasteiger partial charge in [-0.3, -0.25) is 4.79 Å². The van der Waals surface area contributed by atoms with Gasteiger partial charge in [-0.15, -0.1) is 0 Å². The zero-order valence-corrected chi connectivity index (χ0v) is 19.0. The van der Waals surface area contributed by atoms with Crippen LogP contribution in [0.3, 0.4) is 0 Å². The third-order valence-corrected chi connectivity index (χ3v) is 6.16. The molecule has 5 nitrogen and oxygen atoms in total. The molecule has 5 atom stereocenters. The van der Waals surface area contributed by atoms with Crippen molar-refractivity contribution in [2.45, 2.75) is 96.1 Å². The van der Waals surface area contributed by atoms with Crippen LogP contribution in [-0.2, 0) is 16.0 Å². The van der Waals surface area contributed by atoms with Crippen LogP contribution in [0.5, 0.6) is 0 Å². The second-order valence-electron chi connectivity index (χ2n) is 9.09. The fourth-order valence-electron chi connectivity index (χ4n) is 4.47. The van der Waals surface area contributed by atoms with E-state index in [-0.39, 0.29) is 23.9 Å². The van der Waals surface area contributed by atoms with Gasteiger partial charge in [0.15, 0.2) is 0 Å². The monoisotopic (exact) mass is 432 g/mol. The van der Waals surface area contributed by atoms with Gasteiger partial charge in [0.1, 0.15) is 0 Å². The molecule has 0 heterocycles. The van der Waals surface area contributed by atoms with Gasteiger partial charge in [-0.1, -0.05) is 42.5 Å². The van der Waals surface area contributed by atoms with Crippen LogP contribution in [0.25, 0.3) is 0 Å². The van der Waals surface area contributed by atoms with Gasteiger partial charge in [-0.2, -0.15) is 0 Å². The SMILES string of the molecule is CC(C)OC(=O)CCC/C=C\CC1C(CC[C@@H](O)CCc2ccccc2)[C@H](O)C[C@@H]1O. The molecule has 1 fully saturated rings. The number of carbonyl (C=O) groups excluding carboxylic acids is 1. The Hall–Kier alpha value is -1.69. The Morgan fingerprint density at radius 2 is 1.81 bits per heavy atom. The molecule has 31 heavy (non-hydrogen) atoms. The van der Waals surface area contributed by atoms with Crippen molar-refractivity contribution in [2.24, 2.45) is 11.8 Å². The normalized spacial score (nSPS) is 24.7. The van der Waals surface area contributed by atoms with E-state index in [0.717, 1.165) is 19.3 Å². The summed E-state index contributed by atoms with van der Waals surface area (Å²) in [6.07, 6.45) is 8.58. The number of ether oxygens (including phenoxy) is 1. The smallest absolute Gasteiger partial charge is 0.306 e. The number of rotatable bonds is 13. The first kappa shape index (κ1) is 25.6. The fraction of sp³-hybridized carbons (Fsp3) is 0.654. The summed E-state index contributed by atoms with van der Waals surface area (Å²) in [5.41, 5.74) is 1.22. The molecule has 2 unspecified atom stereocenters. The van der Waals surface area contributed by atoms with E-state index in [2.05, 4.69) is 18.2 Å². The van der Waals surface area contributed by atoms with Crippen LogP contribution in [0.15, 0.2) is 42.5 Å². The summed E-state index contributed by atoms with van der Waals surface area (Å²) < 4.78 is 5.12. The maximum Gasteiger partial charge on any atom is 0.306 e. The lowest BCUT2D eigenvalue weighted by molar-refractivity contribution is -0.147. The molecular weight excluding hydrogens is 392 g/mol. The highest BCUT2D eigenvalue weighted by Crippen LogP contribution is 2.38. The van der Waals surface area contributed by atoms with E-state index in [1.54, 1.807) is 0 Å². The molecule has 0 radical (unpaired) electrons. The number of benzene rings is 1. The summed E-state index contributed by atoms with van der Waals surface area (Å²) in [5, 5.41) is 31.2. The van der Waals surface area contributed by atoms with Crippen LogP contribution in [0.1, 0.15) is 70.8 Å². The minimum Gasteiger partial charge on any atom is -0.463 e. The molecule has 5 heteroatoms. The molecule has 0 saturated heterocycles. The number of aryl methyl sites for hydroxylation is 1. The first-order chi connectivity index (χ1) is 14.9. The molecular formula is C26H40O5. The largest absolute Gasteiger partial charge is 0.463 e. The van der Waals surface area contributed by atoms with Crippen LogP contribution < -0.4 is 0 Å². The van der Waals surface area contributed by atoms with Crippen molar-refractivity contribution in [3.8, 4) is 0 Å². The first-order valence-corrected chi connectivity index (χ1v) is 11.8. The number of allylic oxidation sites excluding steroid dienone is 2. The highest BCUT2D eigenvalue weighted by atomic mass is 16.5. The predicted octanol–water partition coefficient (Wildman–Crippen LogP) is 4.19. The number of carbonyl (C=O) groups is 1. The highest BCUT2D eigenvalue weighted by Gasteiger charge is 2.40. The lowest BCUT2D eigenvalue weighted by atomic mass is 9.85. The van der Waals surface area contributed by atoms with E-state index in [9.17, 15) is 20.1 Å².